The Kier molecular flexibility index (Phi) is 5.80. The van der Waals surface area contributed by atoms with Crippen molar-refractivity contribution >= 4 is 34.3 Å². The molecular weight excluding hydrogens is 397 g/mol. The maximum atomic E-state index is 13.8. The van der Waals surface area contributed by atoms with Gasteiger partial charge >= 0.3 is 0 Å². The Labute approximate surface area is 168 Å². The van der Waals surface area contributed by atoms with Crippen molar-refractivity contribution in [2.75, 3.05) is 5.32 Å². The number of carbonyl (C=O) groups excluding carboxylic acids is 1. The smallest absolute Gasteiger partial charge is 0.271 e. The van der Waals surface area contributed by atoms with Gasteiger partial charge in [-0.2, -0.15) is 5.26 Å². The average molecular weight is 411 g/mol. The largest absolute Gasteiger partial charge is 0.323 e. The highest BCUT2D eigenvalue weighted by atomic mass is 32.1. The molecule has 0 bridgehead atoms. The molecule has 0 aliphatic heterocycles. The fourth-order valence-corrected chi connectivity index (χ4v) is 3.38. The molecule has 1 heterocycles. The van der Waals surface area contributed by atoms with Gasteiger partial charge in [-0.3, -0.25) is 14.9 Å². The lowest BCUT2D eigenvalue weighted by molar-refractivity contribution is -0.384. The number of nitriles is 1. The molecule has 0 aliphatic carbocycles. The fraction of sp³-hybridized carbons (Fsp3) is 0.105. The summed E-state index contributed by atoms with van der Waals surface area (Å²) in [4.78, 5) is 27.6. The van der Waals surface area contributed by atoms with Gasteiger partial charge in [-0.05, 0) is 30.3 Å². The summed E-state index contributed by atoms with van der Waals surface area (Å²) < 4.78 is 15.6. The van der Waals surface area contributed by atoms with E-state index in [-0.39, 0.29) is 17.8 Å². The molecule has 0 saturated heterocycles. The summed E-state index contributed by atoms with van der Waals surface area (Å²) in [5, 5.41) is 23.8. The summed E-state index contributed by atoms with van der Waals surface area (Å²) in [5.41, 5.74) is 1.28. The molecule has 0 unspecified atom stereocenters. The third-order valence-corrected chi connectivity index (χ3v) is 4.98. The van der Waals surface area contributed by atoms with Crippen molar-refractivity contribution in [2.24, 2.45) is 12.0 Å². The molecule has 3 aromatic rings. The number of halogens is 1. The van der Waals surface area contributed by atoms with Crippen molar-refractivity contribution in [3.63, 3.8) is 0 Å². The molecule has 1 amide bonds. The van der Waals surface area contributed by atoms with Gasteiger partial charge in [0.05, 0.1) is 34.4 Å². The molecule has 0 atom stereocenters. The molecule has 1 N–H and O–H groups in total. The number of thiazole rings is 1. The first kappa shape index (κ1) is 19.9. The maximum absolute atomic E-state index is 13.8. The molecule has 0 radical (unpaired) electrons. The number of nitro groups is 1. The van der Waals surface area contributed by atoms with E-state index < -0.39 is 16.6 Å². The lowest BCUT2D eigenvalue weighted by atomic mass is 10.2. The molecule has 0 spiro atoms. The fourth-order valence-electron chi connectivity index (χ4n) is 2.47. The zero-order valence-electron chi connectivity index (χ0n) is 15.1. The van der Waals surface area contributed by atoms with Crippen LogP contribution in [-0.2, 0) is 18.3 Å². The Morgan fingerprint density at radius 3 is 2.72 bits per heavy atom. The number of nitro benzene ring substituents is 1. The standard InChI is InChI=1S/C19H14FN5O3S/c1-24-15(11-29-19(24)22-13-4-2-12(10-21)3-5-13)9-18(26)23-17-8-14(25(27)28)6-7-16(17)20/h2-8,11H,9H2,1H3,(H,23,26). The van der Waals surface area contributed by atoms with Crippen molar-refractivity contribution in [1.82, 2.24) is 4.57 Å². The van der Waals surface area contributed by atoms with E-state index in [1.807, 2.05) is 6.07 Å². The highest BCUT2D eigenvalue weighted by Crippen LogP contribution is 2.21. The lowest BCUT2D eigenvalue weighted by Gasteiger charge is -2.07. The van der Waals surface area contributed by atoms with Crippen LogP contribution in [0.25, 0.3) is 0 Å². The number of hydrogen-bond acceptors (Lipinski definition) is 6. The van der Waals surface area contributed by atoms with E-state index in [9.17, 15) is 19.3 Å². The van der Waals surface area contributed by atoms with Gasteiger partial charge < -0.3 is 9.88 Å². The zero-order valence-corrected chi connectivity index (χ0v) is 15.9. The molecule has 8 nitrogen and oxygen atoms in total. The summed E-state index contributed by atoms with van der Waals surface area (Å²) in [6.45, 7) is 0. The minimum Gasteiger partial charge on any atom is -0.323 e. The van der Waals surface area contributed by atoms with Gasteiger partial charge in [0, 0.05) is 30.3 Å². The minimum atomic E-state index is -0.754. The van der Waals surface area contributed by atoms with Gasteiger partial charge in [0.15, 0.2) is 4.80 Å². The van der Waals surface area contributed by atoms with Crippen LogP contribution in [0.2, 0.25) is 0 Å². The zero-order chi connectivity index (χ0) is 21.0. The number of non-ortho nitro benzene ring substituents is 1. The van der Waals surface area contributed by atoms with E-state index in [2.05, 4.69) is 10.3 Å². The van der Waals surface area contributed by atoms with Gasteiger partial charge in [0.2, 0.25) is 5.91 Å². The molecule has 1 aromatic heterocycles. The summed E-state index contributed by atoms with van der Waals surface area (Å²) >= 11 is 1.33. The first-order valence-electron chi connectivity index (χ1n) is 8.29. The van der Waals surface area contributed by atoms with Crippen molar-refractivity contribution in [1.29, 1.82) is 5.26 Å². The molecule has 29 heavy (non-hydrogen) atoms. The van der Waals surface area contributed by atoms with Crippen LogP contribution in [0, 0.1) is 27.3 Å². The third kappa shape index (κ3) is 4.72. The number of rotatable bonds is 5. The number of hydrogen-bond donors (Lipinski definition) is 1. The average Bonchev–Trinajstić information content (AvgIpc) is 3.03. The van der Waals surface area contributed by atoms with Crippen LogP contribution >= 0.6 is 11.3 Å². The highest BCUT2D eigenvalue weighted by molar-refractivity contribution is 7.07. The number of amides is 1. The molecule has 3 rings (SSSR count). The molecule has 0 fully saturated rings. The molecule has 10 heteroatoms. The predicted molar refractivity (Wildman–Crippen MR) is 105 cm³/mol. The van der Waals surface area contributed by atoms with Gasteiger partial charge in [-0.1, -0.05) is 0 Å². The SMILES string of the molecule is Cn1c(CC(=O)Nc2cc([N+](=O)[O-])ccc2F)csc1=Nc1ccc(C#N)cc1. The van der Waals surface area contributed by atoms with E-state index in [1.54, 1.807) is 41.3 Å². The molecule has 146 valence electrons. The van der Waals surface area contributed by atoms with Crippen molar-refractivity contribution in [3.05, 3.63) is 79.8 Å². The van der Waals surface area contributed by atoms with E-state index in [4.69, 9.17) is 5.26 Å². The van der Waals surface area contributed by atoms with E-state index in [1.165, 1.54) is 11.3 Å². The minimum absolute atomic E-state index is 0.0575. The lowest BCUT2D eigenvalue weighted by Crippen LogP contribution is -2.20. The van der Waals surface area contributed by atoms with Gasteiger partial charge in [-0.25, -0.2) is 9.38 Å². The van der Waals surface area contributed by atoms with Crippen LogP contribution in [0.1, 0.15) is 11.3 Å². The number of nitrogens with zero attached hydrogens (tertiary/aromatic N) is 4. The van der Waals surface area contributed by atoms with Crippen LogP contribution in [0.4, 0.5) is 21.5 Å². The molecule has 0 saturated carbocycles. The van der Waals surface area contributed by atoms with Crippen LogP contribution in [0.5, 0.6) is 0 Å². The highest BCUT2D eigenvalue weighted by Gasteiger charge is 2.14. The Hall–Kier alpha value is -3.84. The number of aromatic nitrogens is 1. The summed E-state index contributed by atoms with van der Waals surface area (Å²) in [6, 6.07) is 11.7. The Morgan fingerprint density at radius 1 is 1.34 bits per heavy atom. The van der Waals surface area contributed by atoms with Crippen LogP contribution in [0.15, 0.2) is 52.8 Å². The van der Waals surface area contributed by atoms with Crippen LogP contribution in [0.3, 0.4) is 0 Å². The number of carbonyl (C=O) groups is 1. The van der Waals surface area contributed by atoms with Crippen LogP contribution in [-0.4, -0.2) is 15.4 Å². The van der Waals surface area contributed by atoms with E-state index >= 15 is 0 Å². The van der Waals surface area contributed by atoms with Crippen molar-refractivity contribution < 1.29 is 14.1 Å². The first-order valence-corrected chi connectivity index (χ1v) is 9.17. The maximum Gasteiger partial charge on any atom is 0.271 e. The second kappa shape index (κ2) is 8.45. The van der Waals surface area contributed by atoms with Crippen molar-refractivity contribution in [3.8, 4) is 6.07 Å². The van der Waals surface area contributed by atoms with Crippen molar-refractivity contribution in [2.45, 2.75) is 6.42 Å². The first-order chi connectivity index (χ1) is 13.9. The number of nitrogens with one attached hydrogen (secondary N) is 1. The quantitative estimate of drug-likeness (QED) is 0.512. The predicted octanol–water partition coefficient (Wildman–Crippen LogP) is 3.42. The Balaban J connectivity index is 1.77. The monoisotopic (exact) mass is 411 g/mol. The summed E-state index contributed by atoms with van der Waals surface area (Å²) in [6.07, 6.45) is -0.0575. The number of benzene rings is 2. The van der Waals surface area contributed by atoms with Gasteiger partial charge in [0.25, 0.3) is 5.69 Å². The van der Waals surface area contributed by atoms with E-state index in [0.29, 0.717) is 21.7 Å². The Morgan fingerprint density at radius 2 is 2.07 bits per heavy atom. The second-order valence-electron chi connectivity index (χ2n) is 5.99. The number of anilines is 1. The normalized spacial score (nSPS) is 11.1. The summed E-state index contributed by atoms with van der Waals surface area (Å²) in [7, 11) is 1.75. The second-order valence-corrected chi connectivity index (χ2v) is 6.82. The molecular formula is C19H14FN5O3S. The topological polar surface area (TPSA) is 113 Å². The summed E-state index contributed by atoms with van der Waals surface area (Å²) in [5.74, 6) is -1.27. The van der Waals surface area contributed by atoms with E-state index in [0.717, 1.165) is 18.2 Å². The Bertz CT molecular complexity index is 1190. The van der Waals surface area contributed by atoms with Gasteiger partial charge in [0.1, 0.15) is 5.82 Å². The van der Waals surface area contributed by atoms with Gasteiger partial charge in [-0.15, -0.1) is 11.3 Å². The molecule has 0 aliphatic rings. The third-order valence-electron chi connectivity index (χ3n) is 4.02. The van der Waals surface area contributed by atoms with Crippen LogP contribution < -0.4 is 10.1 Å². The molecule has 2 aromatic carbocycles.